The molecule has 2 fully saturated rings. The van der Waals surface area contributed by atoms with Crippen LogP contribution in [0.5, 0.6) is 0 Å². The van der Waals surface area contributed by atoms with Crippen molar-refractivity contribution in [1.82, 2.24) is 5.32 Å². The van der Waals surface area contributed by atoms with Crippen LogP contribution in [0, 0.1) is 19.8 Å². The highest BCUT2D eigenvalue weighted by Gasteiger charge is 2.56. The van der Waals surface area contributed by atoms with Gasteiger partial charge in [-0.3, -0.25) is 19.7 Å². The lowest BCUT2D eigenvalue weighted by atomic mass is 9.90. The fraction of sp³-hybridized carbons (Fsp3) is 0.263. The molecule has 0 saturated carbocycles. The third-order valence-electron chi connectivity index (χ3n) is 4.73. The molecule has 2 aliphatic rings. The van der Waals surface area contributed by atoms with Gasteiger partial charge in [-0.2, -0.15) is 0 Å². The molecular weight excluding hydrogens is 304 g/mol. The Morgan fingerprint density at radius 2 is 1.67 bits per heavy atom. The van der Waals surface area contributed by atoms with Crippen molar-refractivity contribution in [2.45, 2.75) is 26.0 Å². The number of hydroxylamine groups is 1. The molecule has 0 unspecified atom stereocenters. The Bertz CT molecular complexity index is 816. The van der Waals surface area contributed by atoms with E-state index in [1.165, 1.54) is 0 Å². The van der Waals surface area contributed by atoms with Gasteiger partial charge in [0.2, 0.25) is 5.91 Å². The molecule has 2 heterocycles. The fourth-order valence-corrected chi connectivity index (χ4v) is 3.46. The Morgan fingerprint density at radius 3 is 2.38 bits per heavy atom. The summed E-state index contributed by atoms with van der Waals surface area (Å²) in [7, 11) is 0. The van der Waals surface area contributed by atoms with Crippen LogP contribution in [0.2, 0.25) is 0 Å². The summed E-state index contributed by atoms with van der Waals surface area (Å²) in [5.41, 5.74) is 4.00. The van der Waals surface area contributed by atoms with E-state index in [1.54, 1.807) is 5.06 Å². The molecule has 0 bridgehead atoms. The first-order chi connectivity index (χ1) is 11.6. The normalized spacial score (nSPS) is 25.8. The number of fused-ring (bicyclic) bond motifs is 1. The third kappa shape index (κ3) is 2.20. The van der Waals surface area contributed by atoms with E-state index in [4.69, 9.17) is 4.84 Å². The molecule has 2 aromatic carbocycles. The highest BCUT2D eigenvalue weighted by atomic mass is 16.7. The van der Waals surface area contributed by atoms with Crippen molar-refractivity contribution in [1.29, 1.82) is 0 Å². The van der Waals surface area contributed by atoms with Crippen molar-refractivity contribution in [2.75, 3.05) is 5.06 Å². The lowest BCUT2D eigenvalue weighted by Gasteiger charge is -2.28. The van der Waals surface area contributed by atoms with E-state index >= 15 is 0 Å². The van der Waals surface area contributed by atoms with Gasteiger partial charge in [0.05, 0.1) is 11.7 Å². The predicted molar refractivity (Wildman–Crippen MR) is 89.1 cm³/mol. The molecule has 2 aromatic rings. The zero-order chi connectivity index (χ0) is 16.8. The van der Waals surface area contributed by atoms with Gasteiger partial charge in [0.25, 0.3) is 5.91 Å². The van der Waals surface area contributed by atoms with Crippen LogP contribution in [0.15, 0.2) is 48.5 Å². The molecule has 0 aromatic heterocycles. The maximum Gasteiger partial charge on any atom is 0.259 e. The Morgan fingerprint density at radius 1 is 0.958 bits per heavy atom. The van der Waals surface area contributed by atoms with Gasteiger partial charge in [-0.25, -0.2) is 5.06 Å². The zero-order valence-electron chi connectivity index (χ0n) is 13.5. The second-order valence-corrected chi connectivity index (χ2v) is 6.37. The Hall–Kier alpha value is -2.66. The first-order valence-electron chi connectivity index (χ1n) is 7.99. The summed E-state index contributed by atoms with van der Waals surface area (Å²) in [4.78, 5) is 30.3. The van der Waals surface area contributed by atoms with Crippen LogP contribution in [-0.2, 0) is 14.4 Å². The van der Waals surface area contributed by atoms with E-state index in [0.717, 1.165) is 22.4 Å². The second-order valence-electron chi connectivity index (χ2n) is 6.37. The molecule has 0 radical (unpaired) electrons. The van der Waals surface area contributed by atoms with E-state index in [0.29, 0.717) is 0 Å². The summed E-state index contributed by atoms with van der Waals surface area (Å²) in [6.07, 6.45) is -0.775. The monoisotopic (exact) mass is 322 g/mol. The molecule has 2 saturated heterocycles. The van der Waals surface area contributed by atoms with Gasteiger partial charge < -0.3 is 0 Å². The summed E-state index contributed by atoms with van der Waals surface area (Å²) in [5.74, 6) is -1.18. The van der Waals surface area contributed by atoms with E-state index in [1.807, 2.05) is 62.4 Å². The summed E-state index contributed by atoms with van der Waals surface area (Å²) >= 11 is 0. The molecule has 5 nitrogen and oxygen atoms in total. The van der Waals surface area contributed by atoms with E-state index in [9.17, 15) is 9.59 Å². The third-order valence-corrected chi connectivity index (χ3v) is 4.73. The minimum Gasteiger partial charge on any atom is -0.294 e. The maximum absolute atomic E-state index is 12.3. The van der Waals surface area contributed by atoms with Crippen LogP contribution in [0.25, 0.3) is 0 Å². The molecule has 0 aliphatic carbocycles. The van der Waals surface area contributed by atoms with E-state index < -0.39 is 12.0 Å². The molecule has 1 N–H and O–H groups in total. The number of rotatable bonds is 2. The van der Waals surface area contributed by atoms with Gasteiger partial charge in [-0.15, -0.1) is 0 Å². The summed E-state index contributed by atoms with van der Waals surface area (Å²) in [6.45, 7) is 4.00. The van der Waals surface area contributed by atoms with Crippen LogP contribution < -0.4 is 10.4 Å². The van der Waals surface area contributed by atoms with Crippen LogP contribution in [-0.4, -0.2) is 17.9 Å². The smallest absolute Gasteiger partial charge is 0.259 e. The first-order valence-corrected chi connectivity index (χ1v) is 7.99. The lowest BCUT2D eigenvalue weighted by molar-refractivity contribution is -0.129. The van der Waals surface area contributed by atoms with Crippen molar-refractivity contribution in [3.8, 4) is 0 Å². The quantitative estimate of drug-likeness (QED) is 0.863. The highest BCUT2D eigenvalue weighted by Crippen LogP contribution is 2.45. The molecule has 2 aliphatic heterocycles. The van der Waals surface area contributed by atoms with E-state index in [2.05, 4.69) is 5.32 Å². The molecule has 24 heavy (non-hydrogen) atoms. The topological polar surface area (TPSA) is 58.6 Å². The Balaban J connectivity index is 1.83. The molecule has 122 valence electrons. The number of imide groups is 1. The van der Waals surface area contributed by atoms with Crippen molar-refractivity contribution >= 4 is 17.5 Å². The molecule has 4 rings (SSSR count). The molecule has 0 spiro atoms. The van der Waals surface area contributed by atoms with Gasteiger partial charge in [0.1, 0.15) is 5.92 Å². The van der Waals surface area contributed by atoms with Crippen LogP contribution in [0.1, 0.15) is 22.7 Å². The maximum atomic E-state index is 12.3. The number of para-hydroxylation sites is 1. The summed E-state index contributed by atoms with van der Waals surface area (Å²) < 4.78 is 0. The summed E-state index contributed by atoms with van der Waals surface area (Å²) in [6, 6.07) is 15.5. The number of carbonyl (C=O) groups is 2. The minimum atomic E-state index is -0.775. The van der Waals surface area contributed by atoms with E-state index in [-0.39, 0.29) is 17.9 Å². The van der Waals surface area contributed by atoms with Crippen LogP contribution in [0.4, 0.5) is 5.69 Å². The summed E-state index contributed by atoms with van der Waals surface area (Å²) in [5, 5.41) is 4.12. The van der Waals surface area contributed by atoms with Crippen molar-refractivity contribution in [3.63, 3.8) is 0 Å². The number of carbonyl (C=O) groups excluding carboxylic acids is 2. The standard InChI is InChI=1S/C19H18N2O3/c1-11-7-9-13(10-8-11)16-15-17(19(23)20-18(15)22)24-21(16)14-6-4-3-5-12(14)2/h3-10,15-17H,1-2H3,(H,20,22,23)/t15-,16-,17-/m1/s1. The molecule has 3 atom stereocenters. The first kappa shape index (κ1) is 14.9. The number of hydrogen-bond acceptors (Lipinski definition) is 4. The number of aryl methyl sites for hydroxylation is 2. The van der Waals surface area contributed by atoms with Gasteiger partial charge in [0, 0.05) is 0 Å². The predicted octanol–water partition coefficient (Wildman–Crippen LogP) is 2.44. The average Bonchev–Trinajstić information content (AvgIpc) is 3.08. The number of nitrogens with zero attached hydrogens (tertiary/aromatic N) is 1. The van der Waals surface area contributed by atoms with Crippen molar-refractivity contribution in [3.05, 3.63) is 65.2 Å². The lowest BCUT2D eigenvalue weighted by Crippen LogP contribution is -2.33. The van der Waals surface area contributed by atoms with Crippen LogP contribution in [0.3, 0.4) is 0 Å². The Kier molecular flexibility index (Phi) is 3.39. The highest BCUT2D eigenvalue weighted by molar-refractivity contribution is 6.07. The Labute approximate surface area is 140 Å². The fourth-order valence-electron chi connectivity index (χ4n) is 3.46. The minimum absolute atomic E-state index is 0.272. The van der Waals surface area contributed by atoms with Gasteiger partial charge in [-0.05, 0) is 31.0 Å². The molecular formula is C19H18N2O3. The zero-order valence-corrected chi connectivity index (χ0v) is 13.5. The molecule has 2 amide bonds. The largest absolute Gasteiger partial charge is 0.294 e. The van der Waals surface area contributed by atoms with Gasteiger partial charge >= 0.3 is 0 Å². The van der Waals surface area contributed by atoms with Crippen molar-refractivity contribution < 1.29 is 14.4 Å². The molecule has 5 heteroatoms. The van der Waals surface area contributed by atoms with Crippen molar-refractivity contribution in [2.24, 2.45) is 5.92 Å². The van der Waals surface area contributed by atoms with Crippen LogP contribution >= 0.6 is 0 Å². The number of nitrogens with one attached hydrogen (secondary N) is 1. The number of anilines is 1. The average molecular weight is 322 g/mol. The number of amides is 2. The van der Waals surface area contributed by atoms with Gasteiger partial charge in [0.15, 0.2) is 6.10 Å². The SMILES string of the molecule is Cc1ccc([C@@H]2[C@H]3C(=O)NC(=O)[C@@H]3ON2c2ccccc2C)cc1. The number of benzene rings is 2. The number of hydrogen-bond donors (Lipinski definition) is 1. The van der Waals surface area contributed by atoms with Gasteiger partial charge in [-0.1, -0.05) is 48.0 Å². The second kappa shape index (κ2) is 5.46.